The van der Waals surface area contributed by atoms with E-state index in [1.807, 2.05) is 38.1 Å². The van der Waals surface area contributed by atoms with Crippen molar-refractivity contribution in [2.75, 3.05) is 12.8 Å². The molecular weight excluding hydrogens is 290 g/mol. The summed E-state index contributed by atoms with van der Waals surface area (Å²) in [6, 6.07) is 12.6. The predicted molar refractivity (Wildman–Crippen MR) is 92.2 cm³/mol. The van der Waals surface area contributed by atoms with Crippen molar-refractivity contribution in [1.82, 2.24) is 0 Å². The summed E-state index contributed by atoms with van der Waals surface area (Å²) in [4.78, 5) is 12.8. The number of methoxy groups -OCH3 is 1. The van der Waals surface area contributed by atoms with Crippen molar-refractivity contribution < 1.29 is 14.3 Å². The molecule has 0 aliphatic carbocycles. The van der Waals surface area contributed by atoms with Crippen LogP contribution in [0.25, 0.3) is 0 Å². The largest absolute Gasteiger partial charge is 0.496 e. The molecule has 1 atom stereocenters. The zero-order valence-electron chi connectivity index (χ0n) is 13.8. The number of Topliss-reactive ketones (excluding diaryl/α,β-unsaturated/α-hetero) is 1. The van der Waals surface area contributed by atoms with E-state index < -0.39 is 6.10 Å². The second kappa shape index (κ2) is 7.68. The first-order chi connectivity index (χ1) is 11.0. The molecule has 0 radical (unpaired) electrons. The van der Waals surface area contributed by atoms with Crippen LogP contribution in [0.2, 0.25) is 0 Å². The van der Waals surface area contributed by atoms with Crippen LogP contribution in [-0.4, -0.2) is 19.0 Å². The van der Waals surface area contributed by atoms with Gasteiger partial charge in [0.2, 0.25) is 5.78 Å². The van der Waals surface area contributed by atoms with E-state index in [2.05, 4.69) is 0 Å². The summed E-state index contributed by atoms with van der Waals surface area (Å²) in [7, 11) is 1.62. The molecule has 0 aliphatic rings. The Hall–Kier alpha value is -2.49. The third kappa shape index (κ3) is 4.25. The SMILES string of the molecule is CCCC(Oc1cccc(N)c1)C(=O)c1ccc(OC)c(C)c1. The third-order valence-electron chi connectivity index (χ3n) is 3.66. The van der Waals surface area contributed by atoms with Gasteiger partial charge in [-0.2, -0.15) is 0 Å². The topological polar surface area (TPSA) is 61.5 Å². The molecule has 0 bridgehead atoms. The Bertz CT molecular complexity index is 682. The number of hydrogen-bond acceptors (Lipinski definition) is 4. The molecule has 0 spiro atoms. The van der Waals surface area contributed by atoms with Crippen LogP contribution in [-0.2, 0) is 0 Å². The van der Waals surface area contributed by atoms with Gasteiger partial charge in [0.1, 0.15) is 11.5 Å². The Kier molecular flexibility index (Phi) is 5.63. The van der Waals surface area contributed by atoms with Gasteiger partial charge in [-0.3, -0.25) is 4.79 Å². The molecule has 0 saturated carbocycles. The van der Waals surface area contributed by atoms with Gasteiger partial charge >= 0.3 is 0 Å². The number of anilines is 1. The summed E-state index contributed by atoms with van der Waals surface area (Å²) in [5.41, 5.74) is 7.94. The monoisotopic (exact) mass is 313 g/mol. The van der Waals surface area contributed by atoms with Crippen LogP contribution in [0.3, 0.4) is 0 Å². The molecule has 0 amide bonds. The lowest BCUT2D eigenvalue weighted by Crippen LogP contribution is -2.27. The van der Waals surface area contributed by atoms with Crippen molar-refractivity contribution in [3.8, 4) is 11.5 Å². The average molecular weight is 313 g/mol. The van der Waals surface area contributed by atoms with Gasteiger partial charge in [0.15, 0.2) is 6.10 Å². The molecule has 1 unspecified atom stereocenters. The molecule has 4 nitrogen and oxygen atoms in total. The molecule has 0 aliphatic heterocycles. The highest BCUT2D eigenvalue weighted by Gasteiger charge is 2.22. The number of ether oxygens (including phenoxy) is 2. The summed E-state index contributed by atoms with van der Waals surface area (Å²) in [5, 5.41) is 0. The number of nitrogens with two attached hydrogens (primary N) is 1. The van der Waals surface area contributed by atoms with Crippen LogP contribution in [0.1, 0.15) is 35.7 Å². The second-order valence-corrected chi connectivity index (χ2v) is 5.52. The summed E-state index contributed by atoms with van der Waals surface area (Å²) >= 11 is 0. The summed E-state index contributed by atoms with van der Waals surface area (Å²) < 4.78 is 11.1. The van der Waals surface area contributed by atoms with Crippen LogP contribution in [0.4, 0.5) is 5.69 Å². The fraction of sp³-hybridized carbons (Fsp3) is 0.316. The van der Waals surface area contributed by atoms with E-state index >= 15 is 0 Å². The van der Waals surface area contributed by atoms with Gasteiger partial charge in [0.05, 0.1) is 7.11 Å². The van der Waals surface area contributed by atoms with E-state index in [0.717, 1.165) is 17.7 Å². The lowest BCUT2D eigenvalue weighted by molar-refractivity contribution is 0.0777. The number of hydrogen-bond donors (Lipinski definition) is 1. The normalized spacial score (nSPS) is 11.8. The highest BCUT2D eigenvalue weighted by Crippen LogP contribution is 2.23. The molecule has 0 saturated heterocycles. The number of nitrogen functional groups attached to an aromatic ring is 1. The first-order valence-electron chi connectivity index (χ1n) is 7.76. The fourth-order valence-electron chi connectivity index (χ4n) is 2.48. The predicted octanol–water partition coefficient (Wildman–Crippen LogP) is 4.02. The Morgan fingerprint density at radius 1 is 1.22 bits per heavy atom. The number of rotatable bonds is 7. The maximum atomic E-state index is 12.8. The van der Waals surface area contributed by atoms with Gasteiger partial charge in [0, 0.05) is 17.3 Å². The molecule has 0 aromatic heterocycles. The van der Waals surface area contributed by atoms with Crippen LogP contribution < -0.4 is 15.2 Å². The molecule has 4 heteroatoms. The minimum absolute atomic E-state index is 0.0278. The van der Waals surface area contributed by atoms with Crippen LogP contribution in [0, 0.1) is 6.92 Å². The van der Waals surface area contributed by atoms with Crippen molar-refractivity contribution in [3.63, 3.8) is 0 Å². The van der Waals surface area contributed by atoms with Crippen molar-refractivity contribution >= 4 is 11.5 Å². The molecule has 2 aromatic rings. The third-order valence-corrected chi connectivity index (χ3v) is 3.66. The Morgan fingerprint density at radius 3 is 2.61 bits per heavy atom. The molecule has 0 fully saturated rings. The van der Waals surface area contributed by atoms with Crippen LogP contribution in [0.5, 0.6) is 11.5 Å². The number of aryl methyl sites for hydroxylation is 1. The summed E-state index contributed by atoms with van der Waals surface area (Å²) in [5.74, 6) is 1.35. The van der Waals surface area contributed by atoms with E-state index in [1.54, 1.807) is 25.3 Å². The minimum atomic E-state index is -0.519. The van der Waals surface area contributed by atoms with Gasteiger partial charge in [-0.15, -0.1) is 0 Å². The van der Waals surface area contributed by atoms with Crippen LogP contribution in [0.15, 0.2) is 42.5 Å². The quantitative estimate of drug-likeness (QED) is 0.619. The standard InChI is InChI=1S/C19H23NO3/c1-4-6-18(23-16-8-5-7-15(20)12-16)19(21)14-9-10-17(22-3)13(2)11-14/h5,7-12,18H,4,6,20H2,1-3H3. The van der Waals surface area contributed by atoms with Gasteiger partial charge < -0.3 is 15.2 Å². The first-order valence-corrected chi connectivity index (χ1v) is 7.76. The van der Waals surface area contributed by atoms with Crippen molar-refractivity contribution in [2.24, 2.45) is 0 Å². The van der Waals surface area contributed by atoms with Crippen molar-refractivity contribution in [2.45, 2.75) is 32.8 Å². The van der Waals surface area contributed by atoms with Gasteiger partial charge in [0.25, 0.3) is 0 Å². The first kappa shape index (κ1) is 16.9. The zero-order valence-corrected chi connectivity index (χ0v) is 13.8. The maximum Gasteiger partial charge on any atom is 0.203 e. The molecule has 0 heterocycles. The van der Waals surface area contributed by atoms with E-state index in [-0.39, 0.29) is 5.78 Å². The highest BCUT2D eigenvalue weighted by molar-refractivity contribution is 6.00. The van der Waals surface area contributed by atoms with Crippen molar-refractivity contribution in [3.05, 3.63) is 53.6 Å². The van der Waals surface area contributed by atoms with Crippen molar-refractivity contribution in [1.29, 1.82) is 0 Å². The number of carbonyl (C=O) groups is 1. The molecular formula is C19H23NO3. The molecule has 2 rings (SSSR count). The highest BCUT2D eigenvalue weighted by atomic mass is 16.5. The number of carbonyl (C=O) groups excluding carboxylic acids is 1. The van der Waals surface area contributed by atoms with E-state index in [0.29, 0.717) is 23.4 Å². The minimum Gasteiger partial charge on any atom is -0.496 e. The van der Waals surface area contributed by atoms with Gasteiger partial charge in [-0.05, 0) is 49.2 Å². The smallest absolute Gasteiger partial charge is 0.203 e. The van der Waals surface area contributed by atoms with E-state index in [1.165, 1.54) is 0 Å². The maximum absolute atomic E-state index is 12.8. The second-order valence-electron chi connectivity index (χ2n) is 5.52. The summed E-state index contributed by atoms with van der Waals surface area (Å²) in [6.45, 7) is 3.95. The van der Waals surface area contributed by atoms with Crippen LogP contribution >= 0.6 is 0 Å². The molecule has 23 heavy (non-hydrogen) atoms. The van der Waals surface area contributed by atoms with Gasteiger partial charge in [-0.1, -0.05) is 19.4 Å². The Labute approximate surface area is 137 Å². The molecule has 2 aromatic carbocycles. The average Bonchev–Trinajstić information content (AvgIpc) is 2.54. The zero-order chi connectivity index (χ0) is 16.8. The fourth-order valence-corrected chi connectivity index (χ4v) is 2.48. The Balaban J connectivity index is 2.22. The van der Waals surface area contributed by atoms with Gasteiger partial charge in [-0.25, -0.2) is 0 Å². The van der Waals surface area contributed by atoms with E-state index in [4.69, 9.17) is 15.2 Å². The Morgan fingerprint density at radius 2 is 2.00 bits per heavy atom. The lowest BCUT2D eigenvalue weighted by atomic mass is 10.0. The summed E-state index contributed by atoms with van der Waals surface area (Å²) in [6.07, 6.45) is 0.988. The van der Waals surface area contributed by atoms with E-state index in [9.17, 15) is 4.79 Å². The molecule has 2 N–H and O–H groups in total. The molecule has 122 valence electrons. The number of benzene rings is 2. The lowest BCUT2D eigenvalue weighted by Gasteiger charge is -2.18. The number of ketones is 1.